The molecule has 0 aliphatic carbocycles. The van der Waals surface area contributed by atoms with Gasteiger partial charge in [-0.3, -0.25) is 4.90 Å². The second-order valence-corrected chi connectivity index (χ2v) is 5.49. The van der Waals surface area contributed by atoms with Gasteiger partial charge in [0, 0.05) is 19.5 Å². The van der Waals surface area contributed by atoms with Crippen molar-refractivity contribution in [2.24, 2.45) is 5.92 Å². The Morgan fingerprint density at radius 3 is 3.28 bits per heavy atom. The topological polar surface area (TPSA) is 24.5 Å². The third-order valence-electron chi connectivity index (χ3n) is 4.02. The molecule has 1 saturated heterocycles. The third-order valence-corrected chi connectivity index (χ3v) is 4.02. The van der Waals surface area contributed by atoms with Crippen LogP contribution in [0, 0.1) is 5.92 Å². The Balaban J connectivity index is 1.60. The molecule has 18 heavy (non-hydrogen) atoms. The molecule has 0 aromatic heterocycles. The van der Waals surface area contributed by atoms with Crippen LogP contribution in [0.5, 0.6) is 5.75 Å². The molecule has 3 rings (SSSR count). The van der Waals surface area contributed by atoms with Crippen LogP contribution in [-0.2, 0) is 13.0 Å². The molecule has 1 fully saturated rings. The molecule has 0 radical (unpaired) electrons. The number of rotatable bonds is 4. The van der Waals surface area contributed by atoms with Crippen molar-refractivity contribution >= 4 is 0 Å². The van der Waals surface area contributed by atoms with Crippen LogP contribution in [0.4, 0.5) is 0 Å². The third kappa shape index (κ3) is 2.52. The van der Waals surface area contributed by atoms with Crippen LogP contribution >= 0.6 is 0 Å². The van der Waals surface area contributed by atoms with Gasteiger partial charge in [0.25, 0.3) is 0 Å². The molecular formula is C15H22N2O. The van der Waals surface area contributed by atoms with Crippen LogP contribution in [0.2, 0.25) is 0 Å². The highest BCUT2D eigenvalue weighted by Gasteiger charge is 2.22. The van der Waals surface area contributed by atoms with Crippen molar-refractivity contribution in [2.75, 3.05) is 33.3 Å². The second-order valence-electron chi connectivity index (χ2n) is 5.49. The first-order chi connectivity index (χ1) is 8.85. The SMILES string of the molecule is CNCC1CCN(Cc2ccc3c(c2)CCO3)C1. The van der Waals surface area contributed by atoms with Crippen LogP contribution in [0.3, 0.4) is 0 Å². The molecule has 2 aliphatic heterocycles. The molecular weight excluding hydrogens is 224 g/mol. The van der Waals surface area contributed by atoms with Crippen LogP contribution < -0.4 is 10.1 Å². The van der Waals surface area contributed by atoms with Gasteiger partial charge in [0.05, 0.1) is 6.61 Å². The van der Waals surface area contributed by atoms with E-state index < -0.39 is 0 Å². The molecule has 1 aromatic rings. The highest BCUT2D eigenvalue weighted by Crippen LogP contribution is 2.27. The summed E-state index contributed by atoms with van der Waals surface area (Å²) in [4.78, 5) is 2.57. The van der Waals surface area contributed by atoms with Crippen LogP contribution in [0.25, 0.3) is 0 Å². The number of nitrogens with zero attached hydrogens (tertiary/aromatic N) is 1. The second kappa shape index (κ2) is 5.29. The maximum absolute atomic E-state index is 5.55. The van der Waals surface area contributed by atoms with E-state index >= 15 is 0 Å². The lowest BCUT2D eigenvalue weighted by molar-refractivity contribution is 0.315. The lowest BCUT2D eigenvalue weighted by Crippen LogP contribution is -2.24. The standard InChI is InChI=1S/C15H22N2O/c1-16-9-13-4-6-17(11-13)10-12-2-3-15-14(8-12)5-7-18-15/h2-3,8,13,16H,4-7,9-11H2,1H3. The average Bonchev–Trinajstić information content (AvgIpc) is 2.98. The molecule has 1 unspecified atom stereocenters. The largest absolute Gasteiger partial charge is 0.493 e. The van der Waals surface area contributed by atoms with Crippen LogP contribution in [0.15, 0.2) is 18.2 Å². The van der Waals surface area contributed by atoms with Gasteiger partial charge in [-0.15, -0.1) is 0 Å². The Morgan fingerprint density at radius 1 is 1.44 bits per heavy atom. The van der Waals surface area contributed by atoms with Crippen LogP contribution in [0.1, 0.15) is 17.5 Å². The molecule has 0 spiro atoms. The summed E-state index contributed by atoms with van der Waals surface area (Å²) in [5.41, 5.74) is 2.82. The van der Waals surface area contributed by atoms with E-state index in [1.165, 1.54) is 30.6 Å². The minimum absolute atomic E-state index is 0.827. The summed E-state index contributed by atoms with van der Waals surface area (Å²) in [6.45, 7) is 5.56. The number of ether oxygens (including phenoxy) is 1. The van der Waals surface area contributed by atoms with Crippen molar-refractivity contribution in [3.05, 3.63) is 29.3 Å². The molecule has 1 N–H and O–H groups in total. The zero-order valence-electron chi connectivity index (χ0n) is 11.1. The lowest BCUT2D eigenvalue weighted by Gasteiger charge is -2.16. The molecule has 3 nitrogen and oxygen atoms in total. The zero-order valence-corrected chi connectivity index (χ0v) is 11.1. The molecule has 98 valence electrons. The van der Waals surface area contributed by atoms with E-state index in [0.29, 0.717) is 0 Å². The van der Waals surface area contributed by atoms with Gasteiger partial charge in [-0.05, 0) is 49.7 Å². The van der Waals surface area contributed by atoms with E-state index in [0.717, 1.165) is 37.8 Å². The fourth-order valence-corrected chi connectivity index (χ4v) is 3.11. The van der Waals surface area contributed by atoms with Crippen molar-refractivity contribution < 1.29 is 4.74 Å². The first kappa shape index (κ1) is 12.0. The van der Waals surface area contributed by atoms with Gasteiger partial charge < -0.3 is 10.1 Å². The van der Waals surface area contributed by atoms with Crippen molar-refractivity contribution in [2.45, 2.75) is 19.4 Å². The number of likely N-dealkylation sites (tertiary alicyclic amines) is 1. The summed E-state index contributed by atoms with van der Waals surface area (Å²) in [5, 5.41) is 3.28. The summed E-state index contributed by atoms with van der Waals surface area (Å²) in [5.74, 6) is 1.92. The fraction of sp³-hybridized carbons (Fsp3) is 0.600. The monoisotopic (exact) mass is 246 g/mol. The van der Waals surface area contributed by atoms with Gasteiger partial charge in [0.15, 0.2) is 0 Å². The molecule has 1 aromatic carbocycles. The lowest BCUT2D eigenvalue weighted by atomic mass is 10.1. The number of benzene rings is 1. The maximum atomic E-state index is 5.55. The predicted molar refractivity (Wildman–Crippen MR) is 73.0 cm³/mol. The Morgan fingerprint density at radius 2 is 2.39 bits per heavy atom. The van der Waals surface area contributed by atoms with Gasteiger partial charge in [-0.25, -0.2) is 0 Å². The predicted octanol–water partition coefficient (Wildman–Crippen LogP) is 1.66. The maximum Gasteiger partial charge on any atom is 0.122 e. The highest BCUT2D eigenvalue weighted by atomic mass is 16.5. The van der Waals surface area contributed by atoms with Crippen molar-refractivity contribution in [1.29, 1.82) is 0 Å². The van der Waals surface area contributed by atoms with Crippen LogP contribution in [-0.4, -0.2) is 38.2 Å². The Kier molecular flexibility index (Phi) is 3.52. The van der Waals surface area contributed by atoms with Gasteiger partial charge in [-0.2, -0.15) is 0 Å². The number of nitrogens with one attached hydrogen (secondary N) is 1. The van der Waals surface area contributed by atoms with Gasteiger partial charge >= 0.3 is 0 Å². The highest BCUT2D eigenvalue weighted by molar-refractivity contribution is 5.39. The molecule has 2 aliphatic rings. The zero-order chi connectivity index (χ0) is 12.4. The van der Waals surface area contributed by atoms with Gasteiger partial charge in [0.1, 0.15) is 5.75 Å². The number of hydrogen-bond acceptors (Lipinski definition) is 3. The number of hydrogen-bond donors (Lipinski definition) is 1. The smallest absolute Gasteiger partial charge is 0.122 e. The summed E-state index contributed by atoms with van der Waals surface area (Å²) >= 11 is 0. The van der Waals surface area contributed by atoms with Crippen molar-refractivity contribution in [1.82, 2.24) is 10.2 Å². The fourth-order valence-electron chi connectivity index (χ4n) is 3.11. The summed E-state index contributed by atoms with van der Waals surface area (Å²) in [7, 11) is 2.04. The molecule has 2 heterocycles. The first-order valence-electron chi connectivity index (χ1n) is 6.96. The summed E-state index contributed by atoms with van der Waals surface area (Å²) in [6, 6.07) is 6.68. The summed E-state index contributed by atoms with van der Waals surface area (Å²) in [6.07, 6.45) is 2.40. The minimum atomic E-state index is 0.827. The van der Waals surface area contributed by atoms with E-state index in [-0.39, 0.29) is 0 Å². The van der Waals surface area contributed by atoms with E-state index in [2.05, 4.69) is 28.4 Å². The van der Waals surface area contributed by atoms with Crippen molar-refractivity contribution in [3.8, 4) is 5.75 Å². The van der Waals surface area contributed by atoms with Crippen molar-refractivity contribution in [3.63, 3.8) is 0 Å². The minimum Gasteiger partial charge on any atom is -0.493 e. The van der Waals surface area contributed by atoms with E-state index in [1.54, 1.807) is 0 Å². The first-order valence-corrected chi connectivity index (χ1v) is 6.96. The van der Waals surface area contributed by atoms with E-state index in [4.69, 9.17) is 4.74 Å². The van der Waals surface area contributed by atoms with Gasteiger partial charge in [0.2, 0.25) is 0 Å². The Hall–Kier alpha value is -1.06. The quantitative estimate of drug-likeness (QED) is 0.874. The Bertz CT molecular complexity index is 419. The van der Waals surface area contributed by atoms with E-state index in [9.17, 15) is 0 Å². The molecule has 0 bridgehead atoms. The molecule has 0 saturated carbocycles. The van der Waals surface area contributed by atoms with Gasteiger partial charge in [-0.1, -0.05) is 12.1 Å². The Labute approximate surface area is 109 Å². The summed E-state index contributed by atoms with van der Waals surface area (Å²) < 4.78 is 5.55. The normalized spacial score (nSPS) is 23.1. The number of fused-ring (bicyclic) bond motifs is 1. The molecule has 3 heteroatoms. The molecule has 1 atom stereocenters. The van der Waals surface area contributed by atoms with E-state index in [1.807, 2.05) is 7.05 Å². The average molecular weight is 246 g/mol. The molecule has 0 amide bonds.